The van der Waals surface area contributed by atoms with Crippen LogP contribution in [-0.2, 0) is 0 Å². The minimum atomic E-state index is 0.975. The van der Waals surface area contributed by atoms with Crippen molar-refractivity contribution in [3.8, 4) is 0 Å². The monoisotopic (exact) mass is 256 g/mol. The minimum absolute atomic E-state index is 0.975. The molecule has 0 heterocycles. The van der Waals surface area contributed by atoms with Crippen molar-refractivity contribution in [2.75, 3.05) is 5.75 Å². The quantitative estimate of drug-likeness (QED) is 0.417. The molecule has 1 aliphatic carbocycles. The Morgan fingerprint density at radius 3 is 2.71 bits per heavy atom. The van der Waals surface area contributed by atoms with E-state index in [-0.39, 0.29) is 0 Å². The SMILES string of the molecule is CCCCC(C)C1CCCC(CCCCS)C1. The maximum absolute atomic E-state index is 4.31. The van der Waals surface area contributed by atoms with Gasteiger partial charge in [-0.2, -0.15) is 12.6 Å². The molecule has 0 spiro atoms. The van der Waals surface area contributed by atoms with Gasteiger partial charge in [0.25, 0.3) is 0 Å². The molecule has 3 atom stereocenters. The molecular formula is C16H32S. The first-order valence-electron chi connectivity index (χ1n) is 7.88. The summed E-state index contributed by atoms with van der Waals surface area (Å²) in [7, 11) is 0. The van der Waals surface area contributed by atoms with Crippen molar-refractivity contribution in [3.63, 3.8) is 0 Å². The van der Waals surface area contributed by atoms with E-state index in [0.717, 1.165) is 23.5 Å². The van der Waals surface area contributed by atoms with E-state index in [1.54, 1.807) is 0 Å². The van der Waals surface area contributed by atoms with Crippen molar-refractivity contribution >= 4 is 12.6 Å². The van der Waals surface area contributed by atoms with Crippen molar-refractivity contribution < 1.29 is 0 Å². The van der Waals surface area contributed by atoms with Gasteiger partial charge in [0.1, 0.15) is 0 Å². The molecule has 0 aromatic heterocycles. The standard InChI is InChI=1S/C16H32S/c1-3-4-8-14(2)16-11-7-10-15(13-16)9-5-6-12-17/h14-17H,3-13H2,1-2H3. The maximum atomic E-state index is 4.31. The number of hydrogen-bond acceptors (Lipinski definition) is 1. The lowest BCUT2D eigenvalue weighted by Gasteiger charge is -2.33. The lowest BCUT2D eigenvalue weighted by Crippen LogP contribution is -2.21. The second kappa shape index (κ2) is 9.30. The van der Waals surface area contributed by atoms with E-state index >= 15 is 0 Å². The second-order valence-corrected chi connectivity index (χ2v) is 6.58. The van der Waals surface area contributed by atoms with Gasteiger partial charge < -0.3 is 0 Å². The zero-order valence-electron chi connectivity index (χ0n) is 12.0. The molecule has 0 nitrogen and oxygen atoms in total. The Labute approximate surface area is 114 Å². The Morgan fingerprint density at radius 1 is 1.18 bits per heavy atom. The summed E-state index contributed by atoms with van der Waals surface area (Å²) < 4.78 is 0. The van der Waals surface area contributed by atoms with Gasteiger partial charge in [-0.25, -0.2) is 0 Å². The molecular weight excluding hydrogens is 224 g/mol. The molecule has 1 rings (SSSR count). The van der Waals surface area contributed by atoms with Gasteiger partial charge in [0, 0.05) is 0 Å². The zero-order chi connectivity index (χ0) is 12.5. The Balaban J connectivity index is 2.22. The van der Waals surface area contributed by atoms with E-state index in [9.17, 15) is 0 Å². The topological polar surface area (TPSA) is 0 Å². The van der Waals surface area contributed by atoms with Gasteiger partial charge in [-0.05, 0) is 36.3 Å². The molecule has 17 heavy (non-hydrogen) atoms. The predicted molar refractivity (Wildman–Crippen MR) is 81.8 cm³/mol. The summed E-state index contributed by atoms with van der Waals surface area (Å²) in [6.45, 7) is 4.81. The van der Waals surface area contributed by atoms with Crippen LogP contribution in [0.15, 0.2) is 0 Å². The molecule has 1 fully saturated rings. The Hall–Kier alpha value is 0.350. The third kappa shape index (κ3) is 6.18. The highest BCUT2D eigenvalue weighted by atomic mass is 32.1. The molecule has 0 radical (unpaired) electrons. The van der Waals surface area contributed by atoms with E-state index < -0.39 is 0 Å². The Bertz CT molecular complexity index is 178. The highest BCUT2D eigenvalue weighted by molar-refractivity contribution is 7.80. The van der Waals surface area contributed by atoms with Gasteiger partial charge in [-0.15, -0.1) is 0 Å². The van der Waals surface area contributed by atoms with Crippen LogP contribution < -0.4 is 0 Å². The molecule has 0 aliphatic heterocycles. The summed E-state index contributed by atoms with van der Waals surface area (Å²) >= 11 is 4.31. The van der Waals surface area contributed by atoms with Crippen LogP contribution in [0.3, 0.4) is 0 Å². The van der Waals surface area contributed by atoms with Crippen LogP contribution in [-0.4, -0.2) is 5.75 Å². The molecule has 0 amide bonds. The van der Waals surface area contributed by atoms with Gasteiger partial charge >= 0.3 is 0 Å². The molecule has 102 valence electrons. The van der Waals surface area contributed by atoms with E-state index in [4.69, 9.17) is 0 Å². The van der Waals surface area contributed by atoms with Crippen molar-refractivity contribution in [2.24, 2.45) is 17.8 Å². The highest BCUT2D eigenvalue weighted by Gasteiger charge is 2.25. The summed E-state index contributed by atoms with van der Waals surface area (Å²) in [5.74, 6) is 4.12. The highest BCUT2D eigenvalue weighted by Crippen LogP contribution is 2.37. The molecule has 0 aromatic carbocycles. The van der Waals surface area contributed by atoms with E-state index in [0.29, 0.717) is 0 Å². The third-order valence-electron chi connectivity index (χ3n) is 4.66. The number of unbranched alkanes of at least 4 members (excludes halogenated alkanes) is 2. The largest absolute Gasteiger partial charge is 0.179 e. The average molecular weight is 256 g/mol. The second-order valence-electron chi connectivity index (χ2n) is 6.13. The lowest BCUT2D eigenvalue weighted by molar-refractivity contribution is 0.187. The van der Waals surface area contributed by atoms with Crippen LogP contribution in [0.2, 0.25) is 0 Å². The summed E-state index contributed by atoms with van der Waals surface area (Å²) in [6.07, 6.45) is 14.5. The first-order valence-corrected chi connectivity index (χ1v) is 8.52. The first kappa shape index (κ1) is 15.4. The fourth-order valence-corrected chi connectivity index (χ4v) is 3.64. The molecule has 1 aliphatic rings. The summed E-state index contributed by atoms with van der Waals surface area (Å²) in [4.78, 5) is 0. The van der Waals surface area contributed by atoms with Crippen molar-refractivity contribution in [3.05, 3.63) is 0 Å². The smallest absolute Gasteiger partial charge is 0.00979 e. The molecule has 0 N–H and O–H groups in total. The summed E-state index contributed by atoms with van der Waals surface area (Å²) in [5, 5.41) is 0. The van der Waals surface area contributed by atoms with Crippen LogP contribution in [0.25, 0.3) is 0 Å². The molecule has 1 heteroatoms. The Kier molecular flexibility index (Phi) is 8.43. The number of rotatable bonds is 8. The van der Waals surface area contributed by atoms with Gasteiger partial charge in [0.05, 0.1) is 0 Å². The van der Waals surface area contributed by atoms with Crippen molar-refractivity contribution in [1.29, 1.82) is 0 Å². The van der Waals surface area contributed by atoms with Crippen LogP contribution in [0.5, 0.6) is 0 Å². The summed E-state index contributed by atoms with van der Waals surface area (Å²) in [5.41, 5.74) is 0. The lowest BCUT2D eigenvalue weighted by atomic mass is 9.73. The van der Waals surface area contributed by atoms with Gasteiger partial charge in [0.15, 0.2) is 0 Å². The molecule has 0 bridgehead atoms. The maximum Gasteiger partial charge on any atom is -0.00979 e. The van der Waals surface area contributed by atoms with Crippen LogP contribution >= 0.6 is 12.6 Å². The number of hydrogen-bond donors (Lipinski definition) is 1. The molecule has 0 aromatic rings. The van der Waals surface area contributed by atoms with Gasteiger partial charge in [0.2, 0.25) is 0 Å². The Morgan fingerprint density at radius 2 is 2.00 bits per heavy atom. The van der Waals surface area contributed by atoms with E-state index in [1.165, 1.54) is 64.2 Å². The van der Waals surface area contributed by atoms with E-state index in [2.05, 4.69) is 26.5 Å². The van der Waals surface area contributed by atoms with Crippen molar-refractivity contribution in [1.82, 2.24) is 0 Å². The van der Waals surface area contributed by atoms with Crippen LogP contribution in [0.1, 0.15) is 78.1 Å². The van der Waals surface area contributed by atoms with E-state index in [1.807, 2.05) is 0 Å². The predicted octanol–water partition coefficient (Wildman–Crippen LogP) is 5.72. The molecule has 1 saturated carbocycles. The first-order chi connectivity index (χ1) is 8.27. The molecule has 3 unspecified atom stereocenters. The van der Waals surface area contributed by atoms with Gasteiger partial charge in [-0.1, -0.05) is 65.2 Å². The number of thiol groups is 1. The zero-order valence-corrected chi connectivity index (χ0v) is 12.9. The normalized spacial score (nSPS) is 27.0. The molecule has 0 saturated heterocycles. The third-order valence-corrected chi connectivity index (χ3v) is 4.98. The van der Waals surface area contributed by atoms with Crippen LogP contribution in [0.4, 0.5) is 0 Å². The fraction of sp³-hybridized carbons (Fsp3) is 1.00. The van der Waals surface area contributed by atoms with Crippen molar-refractivity contribution in [2.45, 2.75) is 78.1 Å². The minimum Gasteiger partial charge on any atom is -0.179 e. The summed E-state index contributed by atoms with van der Waals surface area (Å²) in [6, 6.07) is 0. The van der Waals surface area contributed by atoms with Crippen LogP contribution in [0, 0.1) is 17.8 Å². The van der Waals surface area contributed by atoms with Gasteiger partial charge in [-0.3, -0.25) is 0 Å². The fourth-order valence-electron chi connectivity index (χ4n) is 3.42. The average Bonchev–Trinajstić information content (AvgIpc) is 2.36.